The Kier molecular flexibility index (Phi) is 8.82. The van der Waals surface area contributed by atoms with Gasteiger partial charge in [-0.15, -0.1) is 0 Å². The highest BCUT2D eigenvalue weighted by atomic mass is 16.2. The summed E-state index contributed by atoms with van der Waals surface area (Å²) in [5, 5.41) is 3.14. The molecule has 2 aliphatic rings. The molecule has 2 saturated heterocycles. The van der Waals surface area contributed by atoms with Crippen LogP contribution in [0.15, 0.2) is 60.7 Å². The van der Waals surface area contributed by atoms with Crippen LogP contribution in [0.4, 0.5) is 10.5 Å². The Hall–Kier alpha value is -2.33. The summed E-state index contributed by atoms with van der Waals surface area (Å²) >= 11 is 0. The number of rotatable bonds is 11. The Morgan fingerprint density at radius 3 is 2.27 bits per heavy atom. The lowest BCUT2D eigenvalue weighted by Gasteiger charge is -2.39. The van der Waals surface area contributed by atoms with Gasteiger partial charge in [-0.05, 0) is 68.6 Å². The third-order valence-corrected chi connectivity index (χ3v) is 7.52. The van der Waals surface area contributed by atoms with Gasteiger partial charge in [0.05, 0.1) is 0 Å². The first-order chi connectivity index (χ1) is 16.2. The highest BCUT2D eigenvalue weighted by Gasteiger charge is 2.40. The molecular formula is C29H41N3O. The van der Waals surface area contributed by atoms with Crippen LogP contribution in [0.25, 0.3) is 0 Å². The van der Waals surface area contributed by atoms with Crippen molar-refractivity contribution in [3.05, 3.63) is 66.2 Å². The van der Waals surface area contributed by atoms with Crippen LogP contribution >= 0.6 is 0 Å². The third-order valence-electron chi connectivity index (χ3n) is 7.52. The maximum Gasteiger partial charge on any atom is 0.321 e. The van der Waals surface area contributed by atoms with Gasteiger partial charge in [-0.25, -0.2) is 4.79 Å². The normalized spacial score (nSPS) is 22.3. The van der Waals surface area contributed by atoms with Gasteiger partial charge < -0.3 is 5.32 Å². The molecule has 2 aromatic rings. The number of urea groups is 1. The lowest BCUT2D eigenvalue weighted by molar-refractivity contribution is 0.103. The molecule has 2 fully saturated rings. The van der Waals surface area contributed by atoms with Gasteiger partial charge in [-0.1, -0.05) is 68.3 Å². The number of carbonyl (C=O) groups is 1. The zero-order valence-corrected chi connectivity index (χ0v) is 20.3. The fourth-order valence-corrected chi connectivity index (χ4v) is 5.90. The second-order valence-electron chi connectivity index (χ2n) is 9.93. The molecule has 1 N–H and O–H groups in total. The number of hydrogen-bond acceptors (Lipinski definition) is 2. The Balaban J connectivity index is 1.29. The predicted molar refractivity (Wildman–Crippen MR) is 138 cm³/mol. The van der Waals surface area contributed by atoms with E-state index < -0.39 is 0 Å². The molecule has 0 aliphatic carbocycles. The molecule has 2 atom stereocenters. The van der Waals surface area contributed by atoms with Crippen LogP contribution < -0.4 is 10.2 Å². The highest BCUT2D eigenvalue weighted by molar-refractivity contribution is 5.91. The van der Waals surface area contributed by atoms with E-state index in [1.165, 1.54) is 44.1 Å². The van der Waals surface area contributed by atoms with E-state index in [2.05, 4.69) is 47.5 Å². The minimum atomic E-state index is 0.0434. The van der Waals surface area contributed by atoms with E-state index in [0.717, 1.165) is 62.6 Å². The number of nitrogens with zero attached hydrogens (tertiary/aromatic N) is 2. The van der Waals surface area contributed by atoms with Crippen molar-refractivity contribution in [3.8, 4) is 0 Å². The molecule has 0 spiro atoms. The second-order valence-corrected chi connectivity index (χ2v) is 9.93. The average molecular weight is 448 g/mol. The molecular weight excluding hydrogens is 406 g/mol. The van der Waals surface area contributed by atoms with E-state index in [4.69, 9.17) is 0 Å². The Bertz CT molecular complexity index is 826. The third kappa shape index (κ3) is 6.60. The van der Waals surface area contributed by atoms with Gasteiger partial charge in [-0.2, -0.15) is 0 Å². The van der Waals surface area contributed by atoms with Crippen LogP contribution in [0, 0.1) is 5.92 Å². The topological polar surface area (TPSA) is 35.6 Å². The number of carbonyl (C=O) groups excluding carboxylic acids is 1. The van der Waals surface area contributed by atoms with Crippen molar-refractivity contribution in [3.63, 3.8) is 0 Å². The molecule has 0 saturated carbocycles. The minimum absolute atomic E-state index is 0.0434. The molecule has 0 aromatic heterocycles. The molecule has 33 heavy (non-hydrogen) atoms. The number of amides is 2. The van der Waals surface area contributed by atoms with Crippen molar-refractivity contribution in [2.75, 3.05) is 24.5 Å². The van der Waals surface area contributed by atoms with Crippen molar-refractivity contribution in [2.45, 2.75) is 76.8 Å². The van der Waals surface area contributed by atoms with Crippen molar-refractivity contribution >= 4 is 11.7 Å². The van der Waals surface area contributed by atoms with Crippen LogP contribution in [0.1, 0.15) is 63.9 Å². The summed E-state index contributed by atoms with van der Waals surface area (Å²) in [5.74, 6) is 0.816. The predicted octanol–water partition coefficient (Wildman–Crippen LogP) is 6.27. The SMILES string of the molecule is CCCCCNC(=O)N(CCCN1C2CCC1CC(Cc1ccccc1)C2)c1ccccc1. The Morgan fingerprint density at radius 1 is 0.939 bits per heavy atom. The number of nitrogens with one attached hydrogen (secondary N) is 1. The van der Waals surface area contributed by atoms with Crippen molar-refractivity contribution in [1.82, 2.24) is 10.2 Å². The van der Waals surface area contributed by atoms with E-state index in [1.807, 2.05) is 35.2 Å². The molecule has 2 aromatic carbocycles. The summed E-state index contributed by atoms with van der Waals surface area (Å²) in [6, 6.07) is 22.6. The first-order valence-electron chi connectivity index (χ1n) is 13.1. The first kappa shape index (κ1) is 23.8. The first-order valence-corrected chi connectivity index (χ1v) is 13.1. The number of piperidine rings is 1. The standard InChI is InChI=1S/C29H41N3O/c1-2-3-10-18-30-29(33)32(26-14-8-5-9-15-26)20-11-19-31-27-16-17-28(31)23-25(22-27)21-24-12-6-4-7-13-24/h4-9,12-15,25,27-28H,2-3,10-11,16-23H2,1H3,(H,30,33). The maximum absolute atomic E-state index is 12.9. The second kappa shape index (κ2) is 12.2. The largest absolute Gasteiger partial charge is 0.338 e. The summed E-state index contributed by atoms with van der Waals surface area (Å²) in [6.07, 6.45) is 11.0. The number of benzene rings is 2. The van der Waals surface area contributed by atoms with Crippen molar-refractivity contribution < 1.29 is 4.79 Å². The molecule has 0 radical (unpaired) electrons. The molecule has 4 heteroatoms. The lowest BCUT2D eigenvalue weighted by atomic mass is 9.85. The fourth-order valence-electron chi connectivity index (χ4n) is 5.90. The van der Waals surface area contributed by atoms with Gasteiger partial charge >= 0.3 is 6.03 Å². The van der Waals surface area contributed by atoms with Gasteiger partial charge in [0.2, 0.25) is 0 Å². The molecule has 2 heterocycles. The van der Waals surface area contributed by atoms with E-state index in [0.29, 0.717) is 0 Å². The van der Waals surface area contributed by atoms with Crippen LogP contribution in [0.5, 0.6) is 0 Å². The maximum atomic E-state index is 12.9. The summed E-state index contributed by atoms with van der Waals surface area (Å²) in [5.41, 5.74) is 2.48. The Labute approximate surface area is 200 Å². The van der Waals surface area contributed by atoms with Crippen molar-refractivity contribution in [1.29, 1.82) is 0 Å². The Morgan fingerprint density at radius 2 is 1.61 bits per heavy atom. The number of hydrogen-bond donors (Lipinski definition) is 1. The van der Waals surface area contributed by atoms with Gasteiger partial charge in [0.1, 0.15) is 0 Å². The summed E-state index contributed by atoms with van der Waals surface area (Å²) in [6.45, 7) is 4.82. The molecule has 2 unspecified atom stereocenters. The van der Waals surface area contributed by atoms with Gasteiger partial charge in [0.25, 0.3) is 0 Å². The monoisotopic (exact) mass is 447 g/mol. The average Bonchev–Trinajstić information content (AvgIpc) is 3.08. The van der Waals surface area contributed by atoms with E-state index in [1.54, 1.807) is 0 Å². The molecule has 2 amide bonds. The molecule has 4 rings (SSSR count). The van der Waals surface area contributed by atoms with E-state index in [-0.39, 0.29) is 6.03 Å². The molecule has 4 nitrogen and oxygen atoms in total. The van der Waals surface area contributed by atoms with E-state index in [9.17, 15) is 4.79 Å². The molecule has 2 bridgehead atoms. The summed E-state index contributed by atoms with van der Waals surface area (Å²) in [4.78, 5) is 17.7. The number of unbranched alkanes of at least 4 members (excludes halogenated alkanes) is 2. The molecule has 178 valence electrons. The zero-order valence-electron chi connectivity index (χ0n) is 20.3. The zero-order chi connectivity index (χ0) is 22.9. The lowest BCUT2D eigenvalue weighted by Crippen LogP contribution is -2.46. The van der Waals surface area contributed by atoms with Crippen LogP contribution in [0.2, 0.25) is 0 Å². The van der Waals surface area contributed by atoms with Crippen molar-refractivity contribution in [2.24, 2.45) is 5.92 Å². The van der Waals surface area contributed by atoms with Crippen LogP contribution in [0.3, 0.4) is 0 Å². The van der Waals surface area contributed by atoms with Gasteiger partial charge in [-0.3, -0.25) is 9.80 Å². The van der Waals surface area contributed by atoms with Gasteiger partial charge in [0, 0.05) is 37.4 Å². The quantitative estimate of drug-likeness (QED) is 0.412. The minimum Gasteiger partial charge on any atom is -0.338 e. The number of para-hydroxylation sites is 1. The van der Waals surface area contributed by atoms with Gasteiger partial charge in [0.15, 0.2) is 0 Å². The van der Waals surface area contributed by atoms with E-state index >= 15 is 0 Å². The highest BCUT2D eigenvalue weighted by Crippen LogP contribution is 2.39. The number of fused-ring (bicyclic) bond motifs is 2. The number of anilines is 1. The fraction of sp³-hybridized carbons (Fsp3) is 0.552. The van der Waals surface area contributed by atoms with Crippen LogP contribution in [-0.2, 0) is 6.42 Å². The van der Waals surface area contributed by atoms with Crippen LogP contribution in [-0.4, -0.2) is 42.6 Å². The molecule has 2 aliphatic heterocycles. The summed E-state index contributed by atoms with van der Waals surface area (Å²) < 4.78 is 0. The smallest absolute Gasteiger partial charge is 0.321 e. The summed E-state index contributed by atoms with van der Waals surface area (Å²) in [7, 11) is 0.